The number of nitrogens with zero attached hydrogens (tertiary/aromatic N) is 1. The van der Waals surface area contributed by atoms with E-state index >= 15 is 0 Å². The molecule has 4 rings (SSSR count). The minimum Gasteiger partial charge on any atom is -0.310 e. The van der Waals surface area contributed by atoms with E-state index in [-0.39, 0.29) is 0 Å². The van der Waals surface area contributed by atoms with Crippen LogP contribution in [0.15, 0.2) is 84.9 Å². The van der Waals surface area contributed by atoms with Gasteiger partial charge in [0.25, 0.3) is 0 Å². The first-order valence-electron chi connectivity index (χ1n) is 9.06. The lowest BCUT2D eigenvalue weighted by molar-refractivity contribution is 0.112. The summed E-state index contributed by atoms with van der Waals surface area (Å²) < 4.78 is 0. The van der Waals surface area contributed by atoms with E-state index in [1.807, 2.05) is 18.2 Å². The number of rotatable bonds is 4. The summed E-state index contributed by atoms with van der Waals surface area (Å²) in [6.07, 6.45) is 0.887. The summed E-state index contributed by atoms with van der Waals surface area (Å²) in [5, 5.41) is 2.18. The Bertz CT molecular complexity index is 1050. The monoisotopic (exact) mass is 351 g/mol. The molecule has 0 atom stereocenters. The summed E-state index contributed by atoms with van der Waals surface area (Å²) in [7, 11) is 0. The predicted molar refractivity (Wildman–Crippen MR) is 113 cm³/mol. The minimum absolute atomic E-state index is 0.698. The van der Waals surface area contributed by atoms with Crippen LogP contribution in [0.3, 0.4) is 0 Å². The number of hydrogen-bond acceptors (Lipinski definition) is 2. The summed E-state index contributed by atoms with van der Waals surface area (Å²) in [5.74, 6) is 0. The lowest BCUT2D eigenvalue weighted by Crippen LogP contribution is -2.09. The van der Waals surface area contributed by atoms with Crippen molar-refractivity contribution in [1.82, 2.24) is 0 Å². The Kier molecular flexibility index (Phi) is 4.47. The van der Waals surface area contributed by atoms with Crippen molar-refractivity contribution in [3.8, 4) is 0 Å². The highest BCUT2D eigenvalue weighted by Gasteiger charge is 2.13. The average Bonchev–Trinajstić information content (AvgIpc) is 2.70. The number of carbonyl (C=O) groups is 1. The number of hydrogen-bond donors (Lipinski definition) is 0. The second kappa shape index (κ2) is 7.08. The van der Waals surface area contributed by atoms with Crippen LogP contribution in [0.25, 0.3) is 10.8 Å². The largest absolute Gasteiger partial charge is 0.310 e. The zero-order valence-electron chi connectivity index (χ0n) is 15.5. The molecular weight excluding hydrogens is 330 g/mol. The molecular formula is C25H21NO. The molecule has 2 nitrogen and oxygen atoms in total. The van der Waals surface area contributed by atoms with Gasteiger partial charge >= 0.3 is 0 Å². The van der Waals surface area contributed by atoms with E-state index in [2.05, 4.69) is 85.5 Å². The van der Waals surface area contributed by atoms with Crippen LogP contribution >= 0.6 is 0 Å². The molecule has 0 saturated carbocycles. The lowest BCUT2D eigenvalue weighted by atomic mass is 10.1. The molecule has 0 bridgehead atoms. The standard InChI is InChI=1S/C25H21NO/c1-18-3-10-23(11-4-18)26(24-12-5-19(2)6-13-24)25-14-9-21-15-20(17-27)7-8-22(21)16-25/h3-17H,1-2H3. The third-order valence-electron chi connectivity index (χ3n) is 4.83. The zero-order valence-corrected chi connectivity index (χ0v) is 15.5. The first kappa shape index (κ1) is 17.0. The Morgan fingerprint density at radius 1 is 0.593 bits per heavy atom. The van der Waals surface area contributed by atoms with E-state index in [4.69, 9.17) is 0 Å². The second-order valence-electron chi connectivity index (χ2n) is 6.92. The van der Waals surface area contributed by atoms with E-state index < -0.39 is 0 Å². The van der Waals surface area contributed by atoms with Crippen LogP contribution in [0.1, 0.15) is 21.5 Å². The SMILES string of the molecule is Cc1ccc(N(c2ccc(C)cc2)c2ccc3cc(C=O)ccc3c2)cc1. The lowest BCUT2D eigenvalue weighted by Gasteiger charge is -2.26. The maximum Gasteiger partial charge on any atom is 0.150 e. The van der Waals surface area contributed by atoms with Crippen molar-refractivity contribution in [2.75, 3.05) is 4.90 Å². The Hall–Kier alpha value is -3.39. The molecule has 0 radical (unpaired) electrons. The first-order chi connectivity index (χ1) is 13.1. The second-order valence-corrected chi connectivity index (χ2v) is 6.92. The summed E-state index contributed by atoms with van der Waals surface area (Å²) >= 11 is 0. The van der Waals surface area contributed by atoms with Crippen LogP contribution in [0.4, 0.5) is 17.1 Å². The molecule has 0 aliphatic rings. The molecule has 0 aliphatic carbocycles. The molecule has 0 heterocycles. The minimum atomic E-state index is 0.698. The maximum atomic E-state index is 11.0. The Balaban J connectivity index is 1.87. The van der Waals surface area contributed by atoms with Gasteiger partial charge in [-0.2, -0.15) is 0 Å². The third-order valence-corrected chi connectivity index (χ3v) is 4.83. The van der Waals surface area contributed by atoms with Crippen molar-refractivity contribution < 1.29 is 4.79 Å². The van der Waals surface area contributed by atoms with E-state index in [1.54, 1.807) is 0 Å². The van der Waals surface area contributed by atoms with Crippen molar-refractivity contribution in [2.24, 2.45) is 0 Å². The highest BCUT2D eigenvalue weighted by atomic mass is 16.1. The molecule has 27 heavy (non-hydrogen) atoms. The number of aldehydes is 1. The molecule has 0 fully saturated rings. The van der Waals surface area contributed by atoms with Crippen molar-refractivity contribution in [3.63, 3.8) is 0 Å². The van der Waals surface area contributed by atoms with E-state index in [0.717, 1.165) is 34.1 Å². The van der Waals surface area contributed by atoms with Gasteiger partial charge < -0.3 is 4.90 Å². The molecule has 0 saturated heterocycles. The van der Waals surface area contributed by atoms with E-state index in [0.29, 0.717) is 5.56 Å². The number of anilines is 3. The molecule has 4 aromatic carbocycles. The van der Waals surface area contributed by atoms with Gasteiger partial charge in [0.2, 0.25) is 0 Å². The molecule has 0 N–H and O–H groups in total. The average molecular weight is 351 g/mol. The van der Waals surface area contributed by atoms with Crippen LogP contribution in [-0.4, -0.2) is 6.29 Å². The van der Waals surface area contributed by atoms with Gasteiger partial charge in [0.15, 0.2) is 0 Å². The third kappa shape index (κ3) is 3.47. The van der Waals surface area contributed by atoms with Gasteiger partial charge in [-0.3, -0.25) is 4.79 Å². The van der Waals surface area contributed by atoms with Crippen LogP contribution < -0.4 is 4.90 Å². The summed E-state index contributed by atoms with van der Waals surface area (Å²) in [4.78, 5) is 13.3. The number of benzene rings is 4. The molecule has 0 unspecified atom stereocenters. The number of carbonyl (C=O) groups excluding carboxylic acids is 1. The fourth-order valence-electron chi connectivity index (χ4n) is 3.30. The van der Waals surface area contributed by atoms with Gasteiger partial charge in [-0.15, -0.1) is 0 Å². The van der Waals surface area contributed by atoms with Crippen LogP contribution in [0, 0.1) is 13.8 Å². The topological polar surface area (TPSA) is 20.3 Å². The fraction of sp³-hybridized carbons (Fsp3) is 0.0800. The Morgan fingerprint density at radius 3 is 1.63 bits per heavy atom. The predicted octanol–water partition coefficient (Wildman–Crippen LogP) is 6.74. The van der Waals surface area contributed by atoms with Gasteiger partial charge in [0.05, 0.1) is 0 Å². The Morgan fingerprint density at radius 2 is 1.07 bits per heavy atom. The first-order valence-corrected chi connectivity index (χ1v) is 9.06. The highest BCUT2D eigenvalue weighted by molar-refractivity contribution is 5.92. The molecule has 2 heteroatoms. The van der Waals surface area contributed by atoms with Crippen LogP contribution in [0.5, 0.6) is 0 Å². The van der Waals surface area contributed by atoms with Crippen molar-refractivity contribution in [3.05, 3.63) is 102 Å². The molecule has 4 aromatic rings. The normalized spacial score (nSPS) is 10.7. The van der Waals surface area contributed by atoms with Crippen molar-refractivity contribution in [1.29, 1.82) is 0 Å². The highest BCUT2D eigenvalue weighted by Crippen LogP contribution is 2.36. The van der Waals surface area contributed by atoms with Crippen molar-refractivity contribution >= 4 is 34.1 Å². The molecule has 0 spiro atoms. The smallest absolute Gasteiger partial charge is 0.150 e. The molecule has 132 valence electrons. The summed E-state index contributed by atoms with van der Waals surface area (Å²) in [5.41, 5.74) is 6.50. The van der Waals surface area contributed by atoms with Gasteiger partial charge in [-0.1, -0.05) is 53.6 Å². The van der Waals surface area contributed by atoms with Crippen LogP contribution in [-0.2, 0) is 0 Å². The van der Waals surface area contributed by atoms with Gasteiger partial charge in [0.1, 0.15) is 6.29 Å². The quantitative estimate of drug-likeness (QED) is 0.379. The van der Waals surface area contributed by atoms with E-state index in [1.165, 1.54) is 11.1 Å². The summed E-state index contributed by atoms with van der Waals surface area (Å²) in [6.45, 7) is 4.20. The number of aryl methyl sites for hydroxylation is 2. The maximum absolute atomic E-state index is 11.0. The number of fused-ring (bicyclic) bond motifs is 1. The molecule has 0 aromatic heterocycles. The van der Waals surface area contributed by atoms with Gasteiger partial charge in [0, 0.05) is 22.6 Å². The van der Waals surface area contributed by atoms with Crippen LogP contribution in [0.2, 0.25) is 0 Å². The fourth-order valence-corrected chi connectivity index (χ4v) is 3.30. The Labute approximate surface area is 159 Å². The van der Waals surface area contributed by atoms with Crippen molar-refractivity contribution in [2.45, 2.75) is 13.8 Å². The van der Waals surface area contributed by atoms with Gasteiger partial charge in [-0.25, -0.2) is 0 Å². The molecule has 0 aliphatic heterocycles. The zero-order chi connectivity index (χ0) is 18.8. The molecule has 0 amide bonds. The van der Waals surface area contributed by atoms with Gasteiger partial charge in [-0.05, 0) is 67.1 Å². The summed E-state index contributed by atoms with van der Waals surface area (Å²) in [6, 6.07) is 29.3. The van der Waals surface area contributed by atoms with E-state index in [9.17, 15) is 4.79 Å².